The van der Waals surface area contributed by atoms with Gasteiger partial charge in [-0.3, -0.25) is 19.9 Å². The summed E-state index contributed by atoms with van der Waals surface area (Å²) in [5, 5.41) is 22.6. The fourth-order valence-electron chi connectivity index (χ4n) is 4.49. The summed E-state index contributed by atoms with van der Waals surface area (Å²) in [6.07, 6.45) is 5.39. The molecule has 5 N–H and O–H groups in total. The molecule has 4 aromatic heterocycles. The molecule has 1 aromatic carbocycles. The number of benzene rings is 1. The summed E-state index contributed by atoms with van der Waals surface area (Å²) in [7, 11) is 1.85. The fraction of sp³-hybridized carbons (Fsp3) is 0.214. The van der Waals surface area contributed by atoms with Crippen molar-refractivity contribution in [2.75, 3.05) is 16.0 Å². The SMILES string of the molecule is Cc1cccc(CNc2cccc(NC(=O)c3csc4c(Nc5ccn(C)n5)ncnc34)c2C(=[NH2+])C2CC2)n1. The molecule has 1 aliphatic carbocycles. The quantitative estimate of drug-likeness (QED) is 0.210. The van der Waals surface area contributed by atoms with Gasteiger partial charge < -0.3 is 16.0 Å². The zero-order valence-electron chi connectivity index (χ0n) is 21.6. The van der Waals surface area contributed by atoms with E-state index in [1.165, 1.54) is 17.7 Å². The third kappa shape index (κ3) is 5.21. The second-order valence-corrected chi connectivity index (χ2v) is 10.5. The highest BCUT2D eigenvalue weighted by Gasteiger charge is 2.35. The maximum atomic E-state index is 13.6. The Labute approximate surface area is 229 Å². The maximum absolute atomic E-state index is 13.6. The molecule has 0 bridgehead atoms. The second-order valence-electron chi connectivity index (χ2n) is 9.58. The first kappa shape index (κ1) is 24.7. The predicted octanol–water partition coefficient (Wildman–Crippen LogP) is 3.69. The van der Waals surface area contributed by atoms with E-state index in [0.717, 1.165) is 45.9 Å². The number of thiophene rings is 1. The third-order valence-corrected chi connectivity index (χ3v) is 7.56. The first-order chi connectivity index (χ1) is 19.0. The normalized spacial score (nSPS) is 12.9. The lowest BCUT2D eigenvalue weighted by Gasteiger charge is -2.15. The van der Waals surface area contributed by atoms with Gasteiger partial charge in [0.15, 0.2) is 17.3 Å². The lowest BCUT2D eigenvalue weighted by molar-refractivity contribution is -0.116. The number of carbonyl (C=O) groups is 1. The number of aromatic nitrogens is 5. The van der Waals surface area contributed by atoms with Gasteiger partial charge in [0, 0.05) is 36.3 Å². The van der Waals surface area contributed by atoms with Gasteiger partial charge in [0.1, 0.15) is 6.33 Å². The molecular formula is C28H28N9OS+. The molecule has 1 saturated carbocycles. The van der Waals surface area contributed by atoms with Crippen molar-refractivity contribution in [1.82, 2.24) is 24.7 Å². The van der Waals surface area contributed by atoms with Gasteiger partial charge in [-0.05, 0) is 44.0 Å². The summed E-state index contributed by atoms with van der Waals surface area (Å²) < 4.78 is 2.48. The smallest absolute Gasteiger partial charge is 0.258 e. The zero-order chi connectivity index (χ0) is 26.9. The largest absolute Gasteiger partial charge is 0.379 e. The Hall–Kier alpha value is -4.64. The van der Waals surface area contributed by atoms with E-state index >= 15 is 0 Å². The lowest BCUT2D eigenvalue weighted by atomic mass is 10.0. The molecule has 0 atom stereocenters. The van der Waals surface area contributed by atoms with Gasteiger partial charge >= 0.3 is 0 Å². The number of fused-ring (bicyclic) bond motifs is 1. The number of amides is 1. The van der Waals surface area contributed by atoms with Gasteiger partial charge in [0.05, 0.1) is 45.0 Å². The van der Waals surface area contributed by atoms with Crippen LogP contribution in [0.2, 0.25) is 0 Å². The molecule has 1 aliphatic rings. The van der Waals surface area contributed by atoms with Gasteiger partial charge in [0.25, 0.3) is 5.91 Å². The molecule has 0 unspecified atom stereocenters. The van der Waals surface area contributed by atoms with Crippen molar-refractivity contribution in [2.45, 2.75) is 26.3 Å². The van der Waals surface area contributed by atoms with Crippen molar-refractivity contribution in [3.05, 3.63) is 82.9 Å². The highest BCUT2D eigenvalue weighted by molar-refractivity contribution is 7.18. The van der Waals surface area contributed by atoms with Crippen molar-refractivity contribution in [2.24, 2.45) is 13.0 Å². The summed E-state index contributed by atoms with van der Waals surface area (Å²) in [4.78, 5) is 26.9. The van der Waals surface area contributed by atoms with Crippen LogP contribution in [0.15, 0.2) is 60.4 Å². The molecule has 0 saturated heterocycles. The second kappa shape index (κ2) is 10.3. The average Bonchev–Trinajstić information content (AvgIpc) is 3.56. The molecule has 5 aromatic rings. The van der Waals surface area contributed by atoms with E-state index < -0.39 is 0 Å². The number of nitrogens with one attached hydrogen (secondary N) is 3. The van der Waals surface area contributed by atoms with Crippen LogP contribution in [0, 0.1) is 12.8 Å². The Bertz CT molecular complexity index is 1700. The molecule has 11 heteroatoms. The monoisotopic (exact) mass is 538 g/mol. The van der Waals surface area contributed by atoms with Gasteiger partial charge in [-0.15, -0.1) is 11.3 Å². The van der Waals surface area contributed by atoms with Gasteiger partial charge in [-0.1, -0.05) is 12.1 Å². The zero-order valence-corrected chi connectivity index (χ0v) is 22.4. The number of carbonyl (C=O) groups excluding carboxylic acids is 1. The number of hydrogen-bond donors (Lipinski definition) is 4. The molecule has 0 radical (unpaired) electrons. The van der Waals surface area contributed by atoms with Crippen LogP contribution in [0.3, 0.4) is 0 Å². The van der Waals surface area contributed by atoms with Crippen LogP contribution >= 0.6 is 11.3 Å². The predicted molar refractivity (Wildman–Crippen MR) is 153 cm³/mol. The minimum atomic E-state index is -0.258. The summed E-state index contributed by atoms with van der Waals surface area (Å²) in [5.74, 6) is 1.32. The Morgan fingerprint density at radius 1 is 1.13 bits per heavy atom. The first-order valence-electron chi connectivity index (χ1n) is 12.7. The van der Waals surface area contributed by atoms with Gasteiger partial charge in [-0.2, -0.15) is 5.10 Å². The summed E-state index contributed by atoms with van der Waals surface area (Å²) in [5.41, 5.74) is 6.07. The van der Waals surface area contributed by atoms with E-state index in [2.05, 4.69) is 36.0 Å². The number of aryl methyl sites for hydroxylation is 2. The Morgan fingerprint density at radius 3 is 2.72 bits per heavy atom. The molecule has 1 fully saturated rings. The summed E-state index contributed by atoms with van der Waals surface area (Å²) in [6.45, 7) is 2.52. The van der Waals surface area contributed by atoms with Crippen LogP contribution < -0.4 is 21.4 Å². The molecule has 1 amide bonds. The third-order valence-electron chi connectivity index (χ3n) is 6.58. The number of anilines is 4. The van der Waals surface area contributed by atoms with E-state index in [-0.39, 0.29) is 5.91 Å². The minimum absolute atomic E-state index is 0.258. The van der Waals surface area contributed by atoms with Crippen molar-refractivity contribution in [3.8, 4) is 0 Å². The fourth-order valence-corrected chi connectivity index (χ4v) is 5.43. The van der Waals surface area contributed by atoms with Crippen molar-refractivity contribution in [3.63, 3.8) is 0 Å². The summed E-state index contributed by atoms with van der Waals surface area (Å²) >= 11 is 1.41. The average molecular weight is 539 g/mol. The molecule has 39 heavy (non-hydrogen) atoms. The number of hydrogen-bond acceptors (Lipinski definition) is 8. The molecule has 10 nitrogen and oxygen atoms in total. The van der Waals surface area contributed by atoms with E-state index in [9.17, 15) is 4.79 Å². The molecule has 4 heterocycles. The van der Waals surface area contributed by atoms with Crippen LogP contribution in [0.4, 0.5) is 23.0 Å². The van der Waals surface area contributed by atoms with E-state index in [0.29, 0.717) is 40.9 Å². The van der Waals surface area contributed by atoms with Crippen LogP contribution in [0.5, 0.6) is 0 Å². The van der Waals surface area contributed by atoms with Crippen molar-refractivity contribution in [1.29, 1.82) is 0 Å². The number of pyridine rings is 1. The number of rotatable bonds is 9. The van der Waals surface area contributed by atoms with E-state index in [1.807, 2.05) is 62.6 Å². The minimum Gasteiger partial charge on any atom is -0.379 e. The highest BCUT2D eigenvalue weighted by atomic mass is 32.1. The van der Waals surface area contributed by atoms with Crippen molar-refractivity contribution < 1.29 is 10.2 Å². The maximum Gasteiger partial charge on any atom is 0.258 e. The van der Waals surface area contributed by atoms with Crippen LogP contribution in [0.25, 0.3) is 10.2 Å². The molecule has 6 rings (SSSR count). The van der Waals surface area contributed by atoms with Crippen LogP contribution in [-0.2, 0) is 13.6 Å². The first-order valence-corrected chi connectivity index (χ1v) is 13.6. The molecular weight excluding hydrogens is 510 g/mol. The van der Waals surface area contributed by atoms with Gasteiger partial charge in [0.2, 0.25) is 0 Å². The Kier molecular flexibility index (Phi) is 6.49. The Morgan fingerprint density at radius 2 is 1.95 bits per heavy atom. The highest BCUT2D eigenvalue weighted by Crippen LogP contribution is 2.37. The number of nitrogens with two attached hydrogens (primary N) is 1. The number of nitrogens with zero attached hydrogens (tertiary/aromatic N) is 5. The van der Waals surface area contributed by atoms with E-state index in [1.54, 1.807) is 10.1 Å². The standard InChI is InChI=1S/C28H27N9OS/c1-16-5-3-6-18(33-16)13-30-20-7-4-8-21(23(20)24(29)17-9-10-17)34-28(38)19-14-39-26-25(19)31-15-32-27(26)35-22-11-12-37(2)36-22/h3-8,11-12,14-15,17,29-30H,9-10,13H2,1-2H3,(H,34,38)(H,31,32,35,36)/p+1. The Balaban J connectivity index is 1.28. The van der Waals surface area contributed by atoms with Crippen molar-refractivity contribution >= 4 is 56.2 Å². The molecule has 0 aliphatic heterocycles. The van der Waals surface area contributed by atoms with Crippen LogP contribution in [-0.4, -0.2) is 36.4 Å². The lowest BCUT2D eigenvalue weighted by Crippen LogP contribution is -2.42. The topological polar surface area (TPSA) is 135 Å². The van der Waals surface area contributed by atoms with E-state index in [4.69, 9.17) is 5.41 Å². The van der Waals surface area contributed by atoms with Crippen LogP contribution in [0.1, 0.15) is 40.2 Å². The summed E-state index contributed by atoms with van der Waals surface area (Å²) in [6, 6.07) is 13.6. The van der Waals surface area contributed by atoms with Gasteiger partial charge in [-0.25, -0.2) is 9.97 Å². The molecule has 196 valence electrons. The molecule has 0 spiro atoms.